The van der Waals surface area contributed by atoms with Gasteiger partial charge in [-0.2, -0.15) is 15.1 Å². The minimum Gasteiger partial charge on any atom is -0.490 e. The predicted molar refractivity (Wildman–Crippen MR) is 129 cm³/mol. The number of hydrazone groups is 1. The van der Waals surface area contributed by atoms with E-state index in [2.05, 4.69) is 17.0 Å². The zero-order valence-electron chi connectivity index (χ0n) is 18.0. The van der Waals surface area contributed by atoms with Crippen molar-refractivity contribution in [1.29, 1.82) is 5.41 Å². The highest BCUT2D eigenvalue weighted by molar-refractivity contribution is 8.26. The van der Waals surface area contributed by atoms with Gasteiger partial charge in [0.2, 0.25) is 5.17 Å². The van der Waals surface area contributed by atoms with Crippen LogP contribution in [0.1, 0.15) is 30.9 Å². The van der Waals surface area contributed by atoms with Crippen LogP contribution in [0.4, 0.5) is 0 Å². The Hall–Kier alpha value is -3.39. The van der Waals surface area contributed by atoms with Gasteiger partial charge in [-0.3, -0.25) is 10.2 Å². The SMILES string of the molecule is CCCC1=NN2C(=N)/C(=C\c3ccc(OCCOc4ccccc4C)cc3)C(=O)N=C2S1. The fourth-order valence-corrected chi connectivity index (χ4v) is 4.19. The van der Waals surface area contributed by atoms with E-state index in [9.17, 15) is 4.79 Å². The molecule has 4 rings (SSSR count). The number of amidine groups is 2. The standard InChI is InChI=1S/C24H24N4O3S/c1-3-6-21-27-28-22(25)19(23(29)26-24(28)32-21)15-17-9-11-18(12-10-17)30-13-14-31-20-8-5-4-7-16(20)2/h4-5,7-12,15,25H,3,6,13-14H2,1-2H3/b19-15+,25-22?. The fourth-order valence-electron chi connectivity index (χ4n) is 3.20. The summed E-state index contributed by atoms with van der Waals surface area (Å²) in [5, 5.41) is 15.6. The Morgan fingerprint density at radius 2 is 1.84 bits per heavy atom. The number of carbonyl (C=O) groups is 1. The number of aryl methyl sites for hydroxylation is 1. The molecule has 7 nitrogen and oxygen atoms in total. The quantitative estimate of drug-likeness (QED) is 0.460. The molecule has 0 saturated heterocycles. The zero-order chi connectivity index (χ0) is 22.5. The van der Waals surface area contributed by atoms with E-state index in [0.717, 1.165) is 34.8 Å². The van der Waals surface area contributed by atoms with Gasteiger partial charge in [-0.05, 0) is 66.9 Å². The van der Waals surface area contributed by atoms with Gasteiger partial charge in [-0.25, -0.2) is 0 Å². The number of ether oxygens (including phenoxy) is 2. The number of carbonyl (C=O) groups excluding carboxylic acids is 1. The van der Waals surface area contributed by atoms with Gasteiger partial charge in [0.1, 0.15) is 29.8 Å². The second-order valence-corrected chi connectivity index (χ2v) is 8.34. The van der Waals surface area contributed by atoms with Gasteiger partial charge in [-0.15, -0.1) is 0 Å². The van der Waals surface area contributed by atoms with Crippen LogP contribution >= 0.6 is 11.8 Å². The van der Waals surface area contributed by atoms with Crippen LogP contribution in [0.25, 0.3) is 6.08 Å². The highest BCUT2D eigenvalue weighted by atomic mass is 32.2. The van der Waals surface area contributed by atoms with Crippen molar-refractivity contribution < 1.29 is 14.3 Å². The van der Waals surface area contributed by atoms with Crippen molar-refractivity contribution in [3.63, 3.8) is 0 Å². The number of fused-ring (bicyclic) bond motifs is 1. The molecule has 0 bridgehead atoms. The Morgan fingerprint density at radius 3 is 2.59 bits per heavy atom. The first-order valence-electron chi connectivity index (χ1n) is 10.5. The number of benzene rings is 2. The van der Waals surface area contributed by atoms with Gasteiger partial charge in [0.25, 0.3) is 5.91 Å². The molecule has 0 atom stereocenters. The molecule has 0 aromatic heterocycles. The maximum absolute atomic E-state index is 12.5. The number of aliphatic imine (C=N–C) groups is 1. The van der Waals surface area contributed by atoms with Crippen LogP contribution < -0.4 is 9.47 Å². The summed E-state index contributed by atoms with van der Waals surface area (Å²) in [6, 6.07) is 15.2. The smallest absolute Gasteiger partial charge is 0.283 e. The molecule has 2 aliphatic heterocycles. The molecule has 0 unspecified atom stereocenters. The Bertz CT molecular complexity index is 1120. The second kappa shape index (κ2) is 9.82. The first kappa shape index (κ1) is 21.8. The molecule has 0 spiro atoms. The fraction of sp³-hybridized carbons (Fsp3) is 0.250. The lowest BCUT2D eigenvalue weighted by molar-refractivity contribution is -0.114. The van der Waals surface area contributed by atoms with Crippen molar-refractivity contribution >= 4 is 39.8 Å². The summed E-state index contributed by atoms with van der Waals surface area (Å²) < 4.78 is 11.5. The van der Waals surface area contributed by atoms with Crippen LogP contribution in [-0.2, 0) is 4.79 Å². The van der Waals surface area contributed by atoms with E-state index < -0.39 is 5.91 Å². The summed E-state index contributed by atoms with van der Waals surface area (Å²) >= 11 is 1.36. The third-order valence-electron chi connectivity index (χ3n) is 4.85. The van der Waals surface area contributed by atoms with Crippen molar-refractivity contribution in [2.24, 2.45) is 10.1 Å². The lowest BCUT2D eigenvalue weighted by atomic mass is 10.1. The van der Waals surface area contributed by atoms with Crippen LogP contribution in [-0.4, -0.2) is 40.2 Å². The topological polar surface area (TPSA) is 87.3 Å². The molecule has 164 valence electrons. The molecule has 2 aromatic carbocycles. The van der Waals surface area contributed by atoms with Crippen LogP contribution in [0.2, 0.25) is 0 Å². The second-order valence-electron chi connectivity index (χ2n) is 7.30. The van der Waals surface area contributed by atoms with E-state index in [4.69, 9.17) is 14.9 Å². The third kappa shape index (κ3) is 4.91. The van der Waals surface area contributed by atoms with E-state index in [-0.39, 0.29) is 11.4 Å². The lowest BCUT2D eigenvalue weighted by Gasteiger charge is -2.20. The van der Waals surface area contributed by atoms with Crippen molar-refractivity contribution in [2.75, 3.05) is 13.2 Å². The predicted octanol–water partition coefficient (Wildman–Crippen LogP) is 4.87. The van der Waals surface area contributed by atoms with Crippen LogP contribution in [0, 0.1) is 12.3 Å². The summed E-state index contributed by atoms with van der Waals surface area (Å²) in [7, 11) is 0. The minimum atomic E-state index is -0.421. The molecular weight excluding hydrogens is 424 g/mol. The number of para-hydroxylation sites is 1. The molecule has 0 saturated carbocycles. The van der Waals surface area contributed by atoms with E-state index >= 15 is 0 Å². The molecule has 8 heteroatoms. The minimum absolute atomic E-state index is 0.0484. The van der Waals surface area contributed by atoms with Crippen LogP contribution in [0.5, 0.6) is 11.5 Å². The van der Waals surface area contributed by atoms with Gasteiger partial charge >= 0.3 is 0 Å². The number of nitrogens with one attached hydrogen (secondary N) is 1. The van der Waals surface area contributed by atoms with Gasteiger partial charge in [-0.1, -0.05) is 37.3 Å². The maximum Gasteiger partial charge on any atom is 0.283 e. The van der Waals surface area contributed by atoms with Gasteiger partial charge in [0.05, 0.1) is 5.57 Å². The normalized spacial score (nSPS) is 16.7. The largest absolute Gasteiger partial charge is 0.490 e. The van der Waals surface area contributed by atoms with E-state index in [1.54, 1.807) is 6.08 Å². The summed E-state index contributed by atoms with van der Waals surface area (Å²) in [5.74, 6) is 1.18. The maximum atomic E-state index is 12.5. The average Bonchev–Trinajstić information content (AvgIpc) is 3.19. The molecule has 2 aromatic rings. The van der Waals surface area contributed by atoms with Crippen molar-refractivity contribution in [3.05, 3.63) is 65.2 Å². The lowest BCUT2D eigenvalue weighted by Crippen LogP contribution is -2.35. The summed E-state index contributed by atoms with van der Waals surface area (Å²) in [5.41, 5.74) is 2.09. The Labute approximate surface area is 191 Å². The van der Waals surface area contributed by atoms with E-state index in [1.807, 2.05) is 55.5 Å². The Kier molecular flexibility index (Phi) is 6.70. The third-order valence-corrected chi connectivity index (χ3v) is 5.82. The van der Waals surface area contributed by atoms with Gasteiger partial charge < -0.3 is 9.47 Å². The molecule has 2 aliphatic rings. The molecule has 0 radical (unpaired) electrons. The Morgan fingerprint density at radius 1 is 1.09 bits per heavy atom. The Balaban J connectivity index is 1.36. The zero-order valence-corrected chi connectivity index (χ0v) is 18.8. The molecule has 0 fully saturated rings. The number of nitrogens with zero attached hydrogens (tertiary/aromatic N) is 3. The first-order valence-corrected chi connectivity index (χ1v) is 11.3. The average molecular weight is 449 g/mol. The van der Waals surface area contributed by atoms with Crippen LogP contribution in [0.3, 0.4) is 0 Å². The van der Waals surface area contributed by atoms with Gasteiger partial charge in [0, 0.05) is 0 Å². The van der Waals surface area contributed by atoms with Gasteiger partial charge in [0.15, 0.2) is 5.84 Å². The highest BCUT2D eigenvalue weighted by Crippen LogP contribution is 2.30. The van der Waals surface area contributed by atoms with Crippen molar-refractivity contribution in [3.8, 4) is 11.5 Å². The number of hydrogen-bond donors (Lipinski definition) is 1. The number of rotatable bonds is 8. The first-order chi connectivity index (χ1) is 15.5. The molecular formula is C24H24N4O3S. The summed E-state index contributed by atoms with van der Waals surface area (Å²) in [4.78, 5) is 16.6. The van der Waals surface area contributed by atoms with E-state index in [1.165, 1.54) is 16.8 Å². The monoisotopic (exact) mass is 448 g/mol. The molecule has 0 aliphatic carbocycles. The van der Waals surface area contributed by atoms with Crippen molar-refractivity contribution in [1.82, 2.24) is 5.01 Å². The number of hydrogen-bond acceptors (Lipinski definition) is 6. The molecule has 32 heavy (non-hydrogen) atoms. The molecule has 1 N–H and O–H groups in total. The van der Waals surface area contributed by atoms with Crippen LogP contribution in [0.15, 0.2) is 64.2 Å². The summed E-state index contributed by atoms with van der Waals surface area (Å²) in [6.45, 7) is 4.93. The number of thioether (sulfide) groups is 1. The summed E-state index contributed by atoms with van der Waals surface area (Å²) in [6.07, 6.45) is 3.41. The molecule has 1 amide bonds. The van der Waals surface area contributed by atoms with Crippen molar-refractivity contribution in [2.45, 2.75) is 26.7 Å². The molecule has 2 heterocycles. The number of amides is 1. The highest BCUT2D eigenvalue weighted by Gasteiger charge is 2.35. The van der Waals surface area contributed by atoms with E-state index in [0.29, 0.717) is 24.1 Å².